The molecule has 0 spiro atoms. The van der Waals surface area contributed by atoms with Crippen molar-refractivity contribution < 1.29 is 23.4 Å². The smallest absolute Gasteiger partial charge is 0.260 e. The third kappa shape index (κ3) is 3.87. The molecule has 0 radical (unpaired) electrons. The van der Waals surface area contributed by atoms with E-state index in [-0.39, 0.29) is 12.0 Å². The summed E-state index contributed by atoms with van der Waals surface area (Å²) >= 11 is 1.59. The Morgan fingerprint density at radius 3 is 2.82 bits per heavy atom. The molecular weight excluding hydrogens is 455 g/mol. The Bertz CT molecular complexity index is 1270. The van der Waals surface area contributed by atoms with E-state index < -0.39 is 5.82 Å². The van der Waals surface area contributed by atoms with E-state index in [1.165, 1.54) is 12.1 Å². The summed E-state index contributed by atoms with van der Waals surface area (Å²) in [5, 5.41) is 4.82. The summed E-state index contributed by atoms with van der Waals surface area (Å²) in [6, 6.07) is 14.1. The van der Waals surface area contributed by atoms with Crippen molar-refractivity contribution in [1.29, 1.82) is 0 Å². The number of benzene rings is 2. The second-order valence-corrected chi connectivity index (χ2v) is 9.39. The second kappa shape index (κ2) is 8.87. The normalized spacial score (nSPS) is 21.7. The Morgan fingerprint density at radius 1 is 1.12 bits per heavy atom. The number of thiophene rings is 1. The number of fused-ring (bicyclic) bond motifs is 2. The summed E-state index contributed by atoms with van der Waals surface area (Å²) < 4.78 is 31.9. The highest BCUT2D eigenvalue weighted by Gasteiger charge is 2.37. The molecule has 1 atom stereocenters. The SMILES string of the molecule is O=C1Nc2ccc(F)cc2/C1=C1\OC(c2cccs2)c2cc(OCCN3CCOCC3)ccc21. The molecule has 3 aliphatic rings. The van der Waals surface area contributed by atoms with E-state index >= 15 is 0 Å². The van der Waals surface area contributed by atoms with Crippen LogP contribution in [0.15, 0.2) is 53.9 Å². The predicted molar refractivity (Wildman–Crippen MR) is 128 cm³/mol. The lowest BCUT2D eigenvalue weighted by molar-refractivity contribution is -0.110. The largest absolute Gasteiger partial charge is 0.492 e. The van der Waals surface area contributed by atoms with Crippen LogP contribution in [0.4, 0.5) is 10.1 Å². The highest BCUT2D eigenvalue weighted by atomic mass is 32.1. The van der Waals surface area contributed by atoms with E-state index in [4.69, 9.17) is 14.2 Å². The van der Waals surface area contributed by atoms with Gasteiger partial charge in [0.15, 0.2) is 6.10 Å². The van der Waals surface area contributed by atoms with Crippen LogP contribution < -0.4 is 10.1 Å². The minimum atomic E-state index is -0.398. The van der Waals surface area contributed by atoms with Gasteiger partial charge in [0.05, 0.1) is 18.8 Å². The van der Waals surface area contributed by atoms with Crippen molar-refractivity contribution in [2.24, 2.45) is 0 Å². The molecule has 34 heavy (non-hydrogen) atoms. The molecule has 1 aromatic heterocycles. The van der Waals surface area contributed by atoms with Crippen molar-refractivity contribution in [2.45, 2.75) is 6.10 Å². The highest BCUT2D eigenvalue weighted by Crippen LogP contribution is 2.49. The molecule has 6 nitrogen and oxygen atoms in total. The lowest BCUT2D eigenvalue weighted by Crippen LogP contribution is -2.38. The Morgan fingerprint density at radius 2 is 2.00 bits per heavy atom. The van der Waals surface area contributed by atoms with Crippen molar-refractivity contribution in [3.63, 3.8) is 0 Å². The first kappa shape index (κ1) is 21.3. The lowest BCUT2D eigenvalue weighted by atomic mass is 9.98. The zero-order valence-electron chi connectivity index (χ0n) is 18.4. The predicted octanol–water partition coefficient (Wildman–Crippen LogP) is 4.54. The molecule has 0 bridgehead atoms. The zero-order valence-corrected chi connectivity index (χ0v) is 19.2. The van der Waals surface area contributed by atoms with Crippen LogP contribution in [0.1, 0.15) is 27.7 Å². The summed E-state index contributed by atoms with van der Waals surface area (Å²) in [7, 11) is 0. The van der Waals surface area contributed by atoms with Crippen molar-refractivity contribution in [3.8, 4) is 5.75 Å². The molecule has 0 aliphatic carbocycles. The molecule has 1 N–H and O–H groups in total. The van der Waals surface area contributed by atoms with Crippen LogP contribution in [-0.2, 0) is 14.3 Å². The molecular formula is C26H23FN2O4S. The molecule has 1 fully saturated rings. The van der Waals surface area contributed by atoms with Crippen molar-refractivity contribution in [3.05, 3.63) is 81.3 Å². The molecule has 0 saturated carbocycles. The molecule has 3 aliphatic heterocycles. The van der Waals surface area contributed by atoms with E-state index in [1.807, 2.05) is 35.7 Å². The second-order valence-electron chi connectivity index (χ2n) is 8.41. The van der Waals surface area contributed by atoms with Gasteiger partial charge in [-0.3, -0.25) is 9.69 Å². The Hall–Kier alpha value is -3.20. The number of halogens is 1. The zero-order chi connectivity index (χ0) is 23.1. The van der Waals surface area contributed by atoms with Crippen molar-refractivity contribution >= 4 is 34.3 Å². The standard InChI is InChI=1S/C26H23FN2O4S/c27-16-3-6-21-20(14-16)23(26(30)28-21)25-18-5-4-17(32-12-9-29-7-10-31-11-8-29)15-19(18)24(33-25)22-2-1-13-34-22/h1-6,13-15,24H,7-12H2,(H,28,30)/b25-23+. The van der Waals surface area contributed by atoms with Crippen LogP contribution in [0.25, 0.3) is 11.3 Å². The Kier molecular flexibility index (Phi) is 5.57. The number of morpholine rings is 1. The number of amides is 1. The van der Waals surface area contributed by atoms with Gasteiger partial charge in [0.2, 0.25) is 0 Å². The number of hydrogen-bond donors (Lipinski definition) is 1. The third-order valence-electron chi connectivity index (χ3n) is 6.32. The van der Waals surface area contributed by atoms with Crippen LogP contribution in [0.2, 0.25) is 0 Å². The number of anilines is 1. The van der Waals surface area contributed by atoms with Crippen LogP contribution in [0, 0.1) is 5.82 Å². The monoisotopic (exact) mass is 478 g/mol. The van der Waals surface area contributed by atoms with Gasteiger partial charge in [-0.2, -0.15) is 0 Å². The average molecular weight is 479 g/mol. The van der Waals surface area contributed by atoms with Gasteiger partial charge >= 0.3 is 0 Å². The number of ether oxygens (including phenoxy) is 3. The van der Waals surface area contributed by atoms with E-state index in [2.05, 4.69) is 10.2 Å². The Labute approximate surface area is 200 Å². The van der Waals surface area contributed by atoms with Crippen LogP contribution in [0.5, 0.6) is 5.75 Å². The summed E-state index contributed by atoms with van der Waals surface area (Å²) in [6.45, 7) is 4.77. The van der Waals surface area contributed by atoms with Gasteiger partial charge in [0, 0.05) is 46.9 Å². The maximum atomic E-state index is 14.0. The maximum absolute atomic E-state index is 14.0. The van der Waals surface area contributed by atoms with E-state index in [0.717, 1.165) is 54.6 Å². The quantitative estimate of drug-likeness (QED) is 0.546. The average Bonchev–Trinajstić information content (AvgIpc) is 3.57. The van der Waals surface area contributed by atoms with Gasteiger partial charge in [0.1, 0.15) is 23.9 Å². The molecule has 4 heterocycles. The summed E-state index contributed by atoms with van der Waals surface area (Å²) in [4.78, 5) is 16.2. The fourth-order valence-electron chi connectivity index (χ4n) is 4.63. The van der Waals surface area contributed by atoms with Crippen LogP contribution >= 0.6 is 11.3 Å². The number of rotatable bonds is 5. The molecule has 6 rings (SSSR count). The maximum Gasteiger partial charge on any atom is 0.260 e. The first-order chi connectivity index (χ1) is 16.7. The van der Waals surface area contributed by atoms with Crippen molar-refractivity contribution in [1.82, 2.24) is 4.90 Å². The van der Waals surface area contributed by atoms with Gasteiger partial charge in [-0.15, -0.1) is 11.3 Å². The third-order valence-corrected chi connectivity index (χ3v) is 7.24. The molecule has 1 saturated heterocycles. The van der Waals surface area contributed by atoms with E-state index in [0.29, 0.717) is 29.2 Å². The number of hydrogen-bond acceptors (Lipinski definition) is 6. The number of nitrogens with zero attached hydrogens (tertiary/aromatic N) is 1. The first-order valence-corrected chi connectivity index (χ1v) is 12.2. The number of carbonyl (C=O) groups excluding carboxylic acids is 1. The molecule has 8 heteroatoms. The van der Waals surface area contributed by atoms with Gasteiger partial charge < -0.3 is 19.5 Å². The van der Waals surface area contributed by atoms with Gasteiger partial charge in [-0.25, -0.2) is 4.39 Å². The topological polar surface area (TPSA) is 60.0 Å². The summed E-state index contributed by atoms with van der Waals surface area (Å²) in [5.74, 6) is 0.533. The fraction of sp³-hybridized carbons (Fsp3) is 0.269. The number of carbonyl (C=O) groups is 1. The molecule has 174 valence electrons. The Balaban J connectivity index is 1.34. The number of nitrogens with one attached hydrogen (secondary N) is 1. The minimum absolute atomic E-state index is 0.292. The van der Waals surface area contributed by atoms with E-state index in [1.54, 1.807) is 17.4 Å². The van der Waals surface area contributed by atoms with Gasteiger partial charge in [0.25, 0.3) is 5.91 Å². The fourth-order valence-corrected chi connectivity index (χ4v) is 5.40. The summed E-state index contributed by atoms with van der Waals surface area (Å²) in [5.41, 5.74) is 3.22. The first-order valence-electron chi connectivity index (χ1n) is 11.3. The summed E-state index contributed by atoms with van der Waals surface area (Å²) in [6.07, 6.45) is -0.356. The highest BCUT2D eigenvalue weighted by molar-refractivity contribution is 7.10. The van der Waals surface area contributed by atoms with Gasteiger partial charge in [-0.05, 0) is 47.8 Å². The lowest BCUT2D eigenvalue weighted by Gasteiger charge is -2.26. The molecule has 1 unspecified atom stereocenters. The van der Waals surface area contributed by atoms with Crippen LogP contribution in [0.3, 0.4) is 0 Å². The molecule has 1 amide bonds. The van der Waals surface area contributed by atoms with Crippen molar-refractivity contribution in [2.75, 3.05) is 44.8 Å². The molecule has 3 aromatic rings. The minimum Gasteiger partial charge on any atom is -0.492 e. The van der Waals surface area contributed by atoms with Crippen LogP contribution in [-0.4, -0.2) is 50.3 Å². The van der Waals surface area contributed by atoms with E-state index in [9.17, 15) is 9.18 Å². The van der Waals surface area contributed by atoms with Gasteiger partial charge in [-0.1, -0.05) is 6.07 Å². The molecule has 2 aromatic carbocycles.